The lowest BCUT2D eigenvalue weighted by atomic mass is 10.0. The number of imidazole rings is 1. The van der Waals surface area contributed by atoms with Crippen LogP contribution in [0.5, 0.6) is 5.75 Å². The molecule has 3 heterocycles. The number of hydrogen-bond acceptors (Lipinski definition) is 9. The van der Waals surface area contributed by atoms with Gasteiger partial charge in [0, 0.05) is 50.5 Å². The number of hydrogen-bond donors (Lipinski definition) is 3. The molecule has 0 spiro atoms. The Labute approximate surface area is 316 Å². The van der Waals surface area contributed by atoms with Crippen LogP contribution in [-0.4, -0.2) is 107 Å². The highest BCUT2D eigenvalue weighted by atomic mass is 35.5. The lowest BCUT2D eigenvalue weighted by Gasteiger charge is -2.35. The minimum atomic E-state index is -3.65. The summed E-state index contributed by atoms with van der Waals surface area (Å²) in [7, 11) is -0.943. The molecular weight excluding hydrogens is 754 g/mol. The highest BCUT2D eigenvalue weighted by Crippen LogP contribution is 2.31. The van der Waals surface area contributed by atoms with Crippen LogP contribution in [0.4, 0.5) is 19.3 Å². The third kappa shape index (κ3) is 10.0. The highest BCUT2D eigenvalue weighted by molar-refractivity contribution is 7.90. The van der Waals surface area contributed by atoms with E-state index >= 15 is 0 Å². The number of likely N-dealkylation sites (tertiary alicyclic amines) is 2. The number of sulfonamides is 1. The molecule has 0 saturated carbocycles. The van der Waals surface area contributed by atoms with Crippen LogP contribution >= 0.6 is 11.6 Å². The maximum absolute atomic E-state index is 14.7. The summed E-state index contributed by atoms with van der Waals surface area (Å²) in [5.41, 5.74) is -0.0903. The molecule has 3 aromatic rings. The van der Waals surface area contributed by atoms with Gasteiger partial charge in [-0.3, -0.25) is 14.4 Å². The number of rotatable bonds is 8. The van der Waals surface area contributed by atoms with Crippen LogP contribution in [0.1, 0.15) is 67.4 Å². The summed E-state index contributed by atoms with van der Waals surface area (Å²) < 4.78 is 69.6. The van der Waals surface area contributed by atoms with Gasteiger partial charge in [0.1, 0.15) is 5.60 Å². The molecule has 2 aromatic carbocycles. The lowest BCUT2D eigenvalue weighted by molar-refractivity contribution is -0.122. The number of halogens is 3. The predicted molar refractivity (Wildman–Crippen MR) is 195 cm³/mol. The molecule has 2 aliphatic heterocycles. The minimum absolute atomic E-state index is 0.0818. The molecule has 0 radical (unpaired) electrons. The first-order valence-electron chi connectivity index (χ1n) is 16.9. The molecule has 0 unspecified atom stereocenters. The topological polar surface area (TPSA) is 189 Å². The molecule has 5 rings (SSSR count). The second-order valence-electron chi connectivity index (χ2n) is 13.6. The van der Waals surface area contributed by atoms with Crippen molar-refractivity contribution in [2.45, 2.75) is 63.3 Å². The number of amides is 3. The van der Waals surface area contributed by atoms with Gasteiger partial charge >= 0.3 is 6.09 Å². The normalized spacial score (nSPS) is 15.6. The number of piperidine rings is 2. The van der Waals surface area contributed by atoms with Gasteiger partial charge in [-0.25, -0.2) is 27.3 Å². The van der Waals surface area contributed by atoms with Gasteiger partial charge in [-0.1, -0.05) is 11.6 Å². The van der Waals surface area contributed by atoms with Crippen molar-refractivity contribution in [2.24, 2.45) is 7.05 Å². The molecule has 2 aliphatic rings. The molecule has 19 heteroatoms. The number of carbonyl (C=O) groups is 4. The number of anilines is 1. The molecule has 2 fully saturated rings. The van der Waals surface area contributed by atoms with E-state index in [1.807, 2.05) is 0 Å². The predicted octanol–water partition coefficient (Wildman–Crippen LogP) is 4.90. The summed E-state index contributed by atoms with van der Waals surface area (Å²) in [5.74, 6) is -3.63. The summed E-state index contributed by atoms with van der Waals surface area (Å²) >= 11 is 6.48. The van der Waals surface area contributed by atoms with Gasteiger partial charge in [-0.15, -0.1) is 0 Å². The number of benzene rings is 2. The third-order valence-corrected chi connectivity index (χ3v) is 11.2. The molecule has 0 bridgehead atoms. The molecular formula is C35H43ClF2N6O9S. The molecule has 3 N–H and O–H groups in total. The average Bonchev–Trinajstić information content (AvgIpc) is 3.50. The van der Waals surface area contributed by atoms with E-state index in [-0.39, 0.29) is 70.6 Å². The number of carboxylic acid groups (broad SMARTS) is 1. The van der Waals surface area contributed by atoms with Crippen LogP contribution < -0.4 is 14.8 Å². The Morgan fingerprint density at radius 1 is 1.00 bits per heavy atom. The van der Waals surface area contributed by atoms with Gasteiger partial charge < -0.3 is 34.3 Å². The van der Waals surface area contributed by atoms with Crippen LogP contribution in [-0.2, 0) is 26.6 Å². The molecule has 0 aliphatic carbocycles. The van der Waals surface area contributed by atoms with E-state index < -0.39 is 44.5 Å². The summed E-state index contributed by atoms with van der Waals surface area (Å²) in [6.45, 7) is 6.27. The minimum Gasteiger partial charge on any atom is -0.494 e. The number of ether oxygens (including phenoxy) is 2. The Morgan fingerprint density at radius 2 is 1.61 bits per heavy atom. The number of nitrogens with zero attached hydrogens (tertiary/aromatic N) is 4. The van der Waals surface area contributed by atoms with Crippen molar-refractivity contribution in [1.29, 1.82) is 0 Å². The van der Waals surface area contributed by atoms with Crippen molar-refractivity contribution in [3.8, 4) is 17.0 Å². The Hall–Kier alpha value is -4.81. The fraction of sp³-hybridized carbons (Fsp3) is 0.457. The Bertz CT molecular complexity index is 1970. The monoisotopic (exact) mass is 796 g/mol. The van der Waals surface area contributed by atoms with Crippen LogP contribution in [0.25, 0.3) is 11.3 Å². The fourth-order valence-electron chi connectivity index (χ4n) is 6.09. The summed E-state index contributed by atoms with van der Waals surface area (Å²) in [4.78, 5) is 54.3. The quantitative estimate of drug-likeness (QED) is 0.265. The van der Waals surface area contributed by atoms with E-state index in [0.29, 0.717) is 38.8 Å². The first kappa shape index (κ1) is 41.9. The molecule has 2 saturated heterocycles. The Kier molecular flexibility index (Phi) is 13.6. The van der Waals surface area contributed by atoms with Crippen molar-refractivity contribution in [3.63, 3.8) is 0 Å². The largest absolute Gasteiger partial charge is 0.494 e. The van der Waals surface area contributed by atoms with Crippen LogP contribution in [0.2, 0.25) is 5.02 Å². The molecule has 1 aromatic heterocycles. The van der Waals surface area contributed by atoms with Gasteiger partial charge in [0.2, 0.25) is 15.8 Å². The second kappa shape index (κ2) is 17.6. The number of aromatic nitrogens is 2. The zero-order valence-corrected chi connectivity index (χ0v) is 32.0. The van der Waals surface area contributed by atoms with Gasteiger partial charge in [0.25, 0.3) is 18.3 Å². The van der Waals surface area contributed by atoms with E-state index in [9.17, 15) is 31.6 Å². The Balaban J connectivity index is 0.00000209. The molecule has 0 atom stereocenters. The van der Waals surface area contributed by atoms with Gasteiger partial charge in [-0.05, 0) is 76.8 Å². The van der Waals surface area contributed by atoms with E-state index in [2.05, 4.69) is 15.0 Å². The SMILES string of the molecule is COc1ccc(-c2cnc(C(=O)Nc3ccc(C(=O)N4CCC(NS(=O)(=O)C5CCN(C(=O)OC(C)(C)C)CC5)CC4)c(Cl)c3)n2C)c(F)c1F.O=CO. The van der Waals surface area contributed by atoms with E-state index in [1.54, 1.807) is 25.7 Å². The van der Waals surface area contributed by atoms with E-state index in [0.717, 1.165) is 0 Å². The van der Waals surface area contributed by atoms with Crippen molar-refractivity contribution >= 4 is 51.7 Å². The Morgan fingerprint density at radius 3 is 2.19 bits per heavy atom. The first-order chi connectivity index (χ1) is 25.4. The van der Waals surface area contributed by atoms with Crippen LogP contribution in [0.3, 0.4) is 0 Å². The zero-order valence-electron chi connectivity index (χ0n) is 30.4. The smallest absolute Gasteiger partial charge is 0.410 e. The van der Waals surface area contributed by atoms with Gasteiger partial charge in [-0.2, -0.15) is 4.39 Å². The van der Waals surface area contributed by atoms with Crippen molar-refractivity contribution < 1.29 is 51.0 Å². The maximum atomic E-state index is 14.7. The van der Waals surface area contributed by atoms with Crippen LogP contribution in [0.15, 0.2) is 36.5 Å². The zero-order chi connectivity index (χ0) is 40.0. The molecule has 54 heavy (non-hydrogen) atoms. The van der Waals surface area contributed by atoms with E-state index in [4.69, 9.17) is 31.0 Å². The standard InChI is InChI=1S/C34H41ClF2N6O7S.CH2O2/c1-34(2,3)50-33(46)43-16-12-22(13-17-43)51(47,48)40-20-10-14-42(15-11-20)32(45)23-7-6-21(18-25(23)35)39-31(44)30-38-19-26(41(30)4)24-8-9-27(49-5)29(37)28(24)36;2-1-3/h6-9,18-20,22,40H,10-17H2,1-5H3,(H,39,44);1H,(H,2,3). The van der Waals surface area contributed by atoms with Crippen LogP contribution in [0, 0.1) is 11.6 Å². The summed E-state index contributed by atoms with van der Waals surface area (Å²) in [6, 6.07) is 6.67. The number of nitrogens with one attached hydrogen (secondary N) is 2. The molecule has 3 amide bonds. The molecule has 294 valence electrons. The van der Waals surface area contributed by atoms with Gasteiger partial charge in [0.15, 0.2) is 17.4 Å². The van der Waals surface area contributed by atoms with Crippen molar-refractivity contribution in [1.82, 2.24) is 24.1 Å². The second-order valence-corrected chi connectivity index (χ2v) is 16.0. The molecule has 15 nitrogen and oxygen atoms in total. The highest BCUT2D eigenvalue weighted by Gasteiger charge is 2.35. The summed E-state index contributed by atoms with van der Waals surface area (Å²) in [6.07, 6.45) is 2.21. The average molecular weight is 797 g/mol. The van der Waals surface area contributed by atoms with Gasteiger partial charge in [0.05, 0.1) is 34.8 Å². The number of methoxy groups -OCH3 is 1. The maximum Gasteiger partial charge on any atom is 0.410 e. The van der Waals surface area contributed by atoms with Crippen molar-refractivity contribution in [2.75, 3.05) is 38.6 Å². The number of carbonyl (C=O) groups excluding carboxylic acids is 3. The lowest BCUT2D eigenvalue weighted by Crippen LogP contribution is -2.51. The van der Waals surface area contributed by atoms with E-state index in [1.165, 1.54) is 60.2 Å². The first-order valence-corrected chi connectivity index (χ1v) is 18.8. The third-order valence-electron chi connectivity index (χ3n) is 8.84. The summed E-state index contributed by atoms with van der Waals surface area (Å²) in [5, 5.41) is 9.01. The van der Waals surface area contributed by atoms with Crippen molar-refractivity contribution in [3.05, 3.63) is 64.6 Å². The fourth-order valence-corrected chi connectivity index (χ4v) is 8.07.